The summed E-state index contributed by atoms with van der Waals surface area (Å²) >= 11 is 0. The van der Waals surface area contributed by atoms with E-state index in [1.54, 1.807) is 18.2 Å². The van der Waals surface area contributed by atoms with Crippen LogP contribution < -0.4 is 20.5 Å². The van der Waals surface area contributed by atoms with E-state index in [2.05, 4.69) is 10.5 Å². The molecule has 3 aromatic carbocycles. The first kappa shape index (κ1) is 22.8. The minimum Gasteiger partial charge on any atom is -0.493 e. The molecule has 1 aromatic heterocycles. The van der Waals surface area contributed by atoms with Crippen LogP contribution in [0.25, 0.3) is 11.4 Å². The third kappa shape index (κ3) is 5.17. The van der Waals surface area contributed by atoms with Crippen molar-refractivity contribution in [2.45, 2.75) is 19.0 Å². The standard InChI is InChI=1S/C26H25N3O5/c1-32-22-14-13-20(16-23(22)33-2)25-28-34-26(31)29(25)17-24(30)27-21(19-11-7-4-8-12-19)15-18-9-5-3-6-10-18/h3-14,16,21H,15,17H2,1-2H3,(H,27,30). The number of hydrogen-bond donors (Lipinski definition) is 1. The van der Waals surface area contributed by atoms with Crippen molar-refractivity contribution in [1.82, 2.24) is 15.0 Å². The highest BCUT2D eigenvalue weighted by molar-refractivity contribution is 5.77. The van der Waals surface area contributed by atoms with E-state index in [-0.39, 0.29) is 24.3 Å². The van der Waals surface area contributed by atoms with Crippen molar-refractivity contribution in [1.29, 1.82) is 0 Å². The molecule has 1 atom stereocenters. The number of methoxy groups -OCH3 is 2. The van der Waals surface area contributed by atoms with Gasteiger partial charge in [-0.2, -0.15) is 0 Å². The van der Waals surface area contributed by atoms with Crippen LogP contribution in [-0.2, 0) is 17.8 Å². The Morgan fingerprint density at radius 1 is 0.971 bits per heavy atom. The SMILES string of the molecule is COc1ccc(-c2noc(=O)n2CC(=O)NC(Cc2ccccc2)c2ccccc2)cc1OC. The highest BCUT2D eigenvalue weighted by atomic mass is 16.5. The topological polar surface area (TPSA) is 95.6 Å². The van der Waals surface area contributed by atoms with Gasteiger partial charge in [0.05, 0.1) is 20.3 Å². The second kappa shape index (κ2) is 10.5. The summed E-state index contributed by atoms with van der Waals surface area (Å²) in [6.07, 6.45) is 0.609. The van der Waals surface area contributed by atoms with Crippen LogP contribution in [0.5, 0.6) is 11.5 Å². The zero-order valence-electron chi connectivity index (χ0n) is 18.9. The Labute approximate surface area is 196 Å². The van der Waals surface area contributed by atoms with Gasteiger partial charge in [-0.1, -0.05) is 65.8 Å². The second-order valence-corrected chi connectivity index (χ2v) is 7.65. The average molecular weight is 460 g/mol. The number of ether oxygens (including phenoxy) is 2. The number of carbonyl (C=O) groups is 1. The molecule has 34 heavy (non-hydrogen) atoms. The van der Waals surface area contributed by atoms with Crippen LogP contribution in [0.2, 0.25) is 0 Å². The van der Waals surface area contributed by atoms with Gasteiger partial charge in [0, 0.05) is 5.56 Å². The molecule has 0 fully saturated rings. The van der Waals surface area contributed by atoms with Crippen LogP contribution in [-0.4, -0.2) is 29.9 Å². The van der Waals surface area contributed by atoms with E-state index in [1.165, 1.54) is 18.8 Å². The lowest BCUT2D eigenvalue weighted by Gasteiger charge is -2.20. The van der Waals surface area contributed by atoms with Gasteiger partial charge in [-0.3, -0.25) is 9.32 Å². The molecule has 0 spiro atoms. The third-order valence-electron chi connectivity index (χ3n) is 5.45. The van der Waals surface area contributed by atoms with Crippen LogP contribution in [0.3, 0.4) is 0 Å². The smallest absolute Gasteiger partial charge is 0.442 e. The summed E-state index contributed by atoms with van der Waals surface area (Å²) in [4.78, 5) is 25.4. The molecule has 0 aliphatic heterocycles. The summed E-state index contributed by atoms with van der Waals surface area (Å²) < 4.78 is 16.7. The lowest BCUT2D eigenvalue weighted by Crippen LogP contribution is -2.35. The molecule has 0 aliphatic carbocycles. The van der Waals surface area contributed by atoms with Crippen molar-refractivity contribution in [2.75, 3.05) is 14.2 Å². The van der Waals surface area contributed by atoms with Crippen molar-refractivity contribution >= 4 is 5.91 Å². The number of rotatable bonds is 9. The Bertz CT molecular complexity index is 1300. The third-order valence-corrected chi connectivity index (χ3v) is 5.45. The molecule has 0 saturated carbocycles. The monoisotopic (exact) mass is 459 g/mol. The van der Waals surface area contributed by atoms with Gasteiger partial charge in [0.2, 0.25) is 5.91 Å². The van der Waals surface area contributed by atoms with Gasteiger partial charge in [0.15, 0.2) is 17.3 Å². The van der Waals surface area contributed by atoms with Gasteiger partial charge < -0.3 is 14.8 Å². The fraction of sp³-hybridized carbons (Fsp3) is 0.192. The number of hydrogen-bond acceptors (Lipinski definition) is 6. The second-order valence-electron chi connectivity index (χ2n) is 7.65. The predicted molar refractivity (Wildman–Crippen MR) is 127 cm³/mol. The maximum Gasteiger partial charge on any atom is 0.442 e. The van der Waals surface area contributed by atoms with Crippen molar-refractivity contribution < 1.29 is 18.8 Å². The molecule has 4 rings (SSSR count). The first-order chi connectivity index (χ1) is 16.6. The molecular weight excluding hydrogens is 434 g/mol. The number of amides is 1. The zero-order valence-corrected chi connectivity index (χ0v) is 18.9. The van der Waals surface area contributed by atoms with Crippen LogP contribution in [0.15, 0.2) is 88.2 Å². The Balaban J connectivity index is 1.57. The lowest BCUT2D eigenvalue weighted by atomic mass is 9.99. The molecule has 1 amide bonds. The fourth-order valence-corrected chi connectivity index (χ4v) is 3.76. The van der Waals surface area contributed by atoms with Crippen LogP contribution in [0.1, 0.15) is 17.2 Å². The van der Waals surface area contributed by atoms with Gasteiger partial charge in [0.25, 0.3) is 0 Å². The molecule has 0 bridgehead atoms. The van der Waals surface area contributed by atoms with Crippen LogP contribution in [0, 0.1) is 0 Å². The highest BCUT2D eigenvalue weighted by Gasteiger charge is 2.20. The molecule has 0 aliphatic rings. The molecule has 1 N–H and O–H groups in total. The van der Waals surface area contributed by atoms with Crippen molar-refractivity contribution in [2.24, 2.45) is 0 Å². The van der Waals surface area contributed by atoms with Crippen molar-refractivity contribution in [3.05, 3.63) is 101 Å². The van der Waals surface area contributed by atoms with E-state index in [1.807, 2.05) is 60.7 Å². The number of nitrogens with one attached hydrogen (secondary N) is 1. The summed E-state index contributed by atoms with van der Waals surface area (Å²) in [5.74, 6) is 0.169. The molecule has 4 aromatic rings. The number of nitrogens with zero attached hydrogens (tertiary/aromatic N) is 2. The summed E-state index contributed by atoms with van der Waals surface area (Å²) in [5.41, 5.74) is 2.61. The molecule has 1 unspecified atom stereocenters. The number of aromatic nitrogens is 2. The highest BCUT2D eigenvalue weighted by Crippen LogP contribution is 2.31. The minimum absolute atomic E-state index is 0.223. The van der Waals surface area contributed by atoms with E-state index < -0.39 is 5.76 Å². The fourth-order valence-electron chi connectivity index (χ4n) is 3.76. The maximum atomic E-state index is 13.1. The molecule has 1 heterocycles. The molecule has 0 saturated heterocycles. The van der Waals surface area contributed by atoms with E-state index in [4.69, 9.17) is 14.0 Å². The van der Waals surface area contributed by atoms with Crippen molar-refractivity contribution in [3.63, 3.8) is 0 Å². The molecule has 8 heteroatoms. The van der Waals surface area contributed by atoms with E-state index >= 15 is 0 Å². The van der Waals surface area contributed by atoms with Gasteiger partial charge >= 0.3 is 5.76 Å². The van der Waals surface area contributed by atoms with Crippen LogP contribution >= 0.6 is 0 Å². The number of benzene rings is 3. The molecule has 8 nitrogen and oxygen atoms in total. The number of carbonyl (C=O) groups excluding carboxylic acids is 1. The van der Waals surface area contributed by atoms with Crippen LogP contribution in [0.4, 0.5) is 0 Å². The first-order valence-electron chi connectivity index (χ1n) is 10.8. The Morgan fingerprint density at radius 2 is 1.65 bits per heavy atom. The normalized spacial score (nSPS) is 11.6. The van der Waals surface area contributed by atoms with E-state index in [9.17, 15) is 9.59 Å². The molecule has 174 valence electrons. The van der Waals surface area contributed by atoms with Gasteiger partial charge in [-0.05, 0) is 35.7 Å². The Morgan fingerprint density at radius 3 is 2.32 bits per heavy atom. The van der Waals surface area contributed by atoms with E-state index in [0.29, 0.717) is 23.5 Å². The predicted octanol–water partition coefficient (Wildman–Crippen LogP) is 3.62. The van der Waals surface area contributed by atoms with Gasteiger partial charge in [-0.25, -0.2) is 9.36 Å². The minimum atomic E-state index is -0.723. The van der Waals surface area contributed by atoms with Gasteiger partial charge in [-0.15, -0.1) is 0 Å². The lowest BCUT2D eigenvalue weighted by molar-refractivity contribution is -0.122. The summed E-state index contributed by atoms with van der Waals surface area (Å²) in [7, 11) is 3.05. The largest absolute Gasteiger partial charge is 0.493 e. The zero-order chi connectivity index (χ0) is 23.9. The Hall–Kier alpha value is -4.33. The van der Waals surface area contributed by atoms with E-state index in [0.717, 1.165) is 11.1 Å². The maximum absolute atomic E-state index is 13.1. The summed E-state index contributed by atoms with van der Waals surface area (Å²) in [5, 5.41) is 6.93. The Kier molecular flexibility index (Phi) is 7.07. The average Bonchev–Trinajstić information content (AvgIpc) is 3.24. The van der Waals surface area contributed by atoms with Crippen molar-refractivity contribution in [3.8, 4) is 22.9 Å². The molecular formula is C26H25N3O5. The first-order valence-corrected chi connectivity index (χ1v) is 10.8. The quantitative estimate of drug-likeness (QED) is 0.411. The van der Waals surface area contributed by atoms with Gasteiger partial charge in [0.1, 0.15) is 6.54 Å². The molecule has 0 radical (unpaired) electrons. The summed E-state index contributed by atoms with van der Waals surface area (Å²) in [6, 6.07) is 24.5. The summed E-state index contributed by atoms with van der Waals surface area (Å²) in [6.45, 7) is -0.246.